The molecule has 2 N–H and O–H groups in total. The predicted octanol–water partition coefficient (Wildman–Crippen LogP) is 0.586. The van der Waals surface area contributed by atoms with E-state index in [0.717, 1.165) is 12.0 Å². The van der Waals surface area contributed by atoms with Gasteiger partial charge in [0.15, 0.2) is 5.82 Å². The zero-order chi connectivity index (χ0) is 15.8. The van der Waals surface area contributed by atoms with Crippen LogP contribution in [0.4, 0.5) is 0 Å². The summed E-state index contributed by atoms with van der Waals surface area (Å²) in [5.41, 5.74) is 2.14. The van der Waals surface area contributed by atoms with E-state index in [4.69, 9.17) is 4.74 Å². The Morgan fingerprint density at radius 1 is 1.35 bits per heavy atom. The first-order valence-corrected chi connectivity index (χ1v) is 7.80. The number of benzene rings is 1. The number of carbonyl (C=O) groups is 1. The lowest BCUT2D eigenvalue weighted by molar-refractivity contribution is 0.0723. The molecule has 0 saturated heterocycles. The number of amides is 1. The van der Waals surface area contributed by atoms with E-state index in [2.05, 4.69) is 15.5 Å². The number of aliphatic hydroxyl groups excluding tert-OH is 1. The molecule has 7 nitrogen and oxygen atoms in total. The Labute approximate surface area is 133 Å². The summed E-state index contributed by atoms with van der Waals surface area (Å²) in [6.45, 7) is 1.48. The van der Waals surface area contributed by atoms with Gasteiger partial charge in [-0.25, -0.2) is 0 Å². The minimum atomic E-state index is -0.596. The van der Waals surface area contributed by atoms with Gasteiger partial charge in [-0.05, 0) is 24.0 Å². The van der Waals surface area contributed by atoms with Crippen molar-refractivity contribution in [2.75, 3.05) is 6.61 Å². The molecule has 2 aliphatic rings. The maximum atomic E-state index is 12.6. The van der Waals surface area contributed by atoms with Crippen LogP contribution in [0.5, 0.6) is 0 Å². The minimum Gasteiger partial charge on any atom is -0.391 e. The van der Waals surface area contributed by atoms with Gasteiger partial charge in [-0.2, -0.15) is 0 Å². The van der Waals surface area contributed by atoms with Crippen LogP contribution in [-0.4, -0.2) is 38.5 Å². The molecule has 1 amide bonds. The van der Waals surface area contributed by atoms with Crippen LogP contribution in [0.3, 0.4) is 0 Å². The van der Waals surface area contributed by atoms with Gasteiger partial charge in [-0.3, -0.25) is 4.79 Å². The highest BCUT2D eigenvalue weighted by Gasteiger charge is 2.31. The summed E-state index contributed by atoms with van der Waals surface area (Å²) in [5.74, 6) is 0.621. The third-order valence-electron chi connectivity index (χ3n) is 4.49. The molecule has 1 aliphatic carbocycles. The normalized spacial score (nSPS) is 23.0. The van der Waals surface area contributed by atoms with Gasteiger partial charge in [0, 0.05) is 6.54 Å². The van der Waals surface area contributed by atoms with Crippen molar-refractivity contribution in [3.8, 4) is 0 Å². The fraction of sp³-hybridized carbons (Fsp3) is 0.438. The second-order valence-corrected chi connectivity index (χ2v) is 5.90. The quantitative estimate of drug-likeness (QED) is 0.847. The van der Waals surface area contributed by atoms with Crippen molar-refractivity contribution in [2.45, 2.75) is 38.1 Å². The number of hydrogen-bond acceptors (Lipinski definition) is 5. The van der Waals surface area contributed by atoms with Crippen molar-refractivity contribution >= 4 is 5.91 Å². The highest BCUT2D eigenvalue weighted by Crippen LogP contribution is 2.30. The fourth-order valence-corrected chi connectivity index (χ4v) is 3.29. The minimum absolute atomic E-state index is 0.276. The molecule has 7 heteroatoms. The van der Waals surface area contributed by atoms with E-state index in [1.165, 1.54) is 5.56 Å². The molecule has 2 atom stereocenters. The van der Waals surface area contributed by atoms with Gasteiger partial charge in [0.05, 0.1) is 18.8 Å². The largest absolute Gasteiger partial charge is 0.391 e. The fourth-order valence-electron chi connectivity index (χ4n) is 3.29. The van der Waals surface area contributed by atoms with Crippen LogP contribution in [0.2, 0.25) is 0 Å². The molecule has 1 aliphatic heterocycles. The van der Waals surface area contributed by atoms with Crippen molar-refractivity contribution < 1.29 is 14.6 Å². The van der Waals surface area contributed by atoms with Crippen LogP contribution in [0.25, 0.3) is 0 Å². The standard InChI is InChI=1S/C16H18N4O3/c21-12-6-5-10-3-1-2-4-11(10)14(12)17-16(22)15-19-18-13-9-23-8-7-20(13)15/h1-4,12,14,21H,5-9H2,(H,17,22)/t12-,14+/m1/s1. The Morgan fingerprint density at radius 2 is 2.22 bits per heavy atom. The molecule has 0 unspecified atom stereocenters. The summed E-state index contributed by atoms with van der Waals surface area (Å²) >= 11 is 0. The van der Waals surface area contributed by atoms with Gasteiger partial charge in [-0.15, -0.1) is 10.2 Å². The van der Waals surface area contributed by atoms with E-state index in [0.29, 0.717) is 32.0 Å². The number of aromatic nitrogens is 3. The van der Waals surface area contributed by atoms with Crippen LogP contribution in [0.15, 0.2) is 24.3 Å². The van der Waals surface area contributed by atoms with Crippen molar-refractivity contribution in [1.29, 1.82) is 0 Å². The number of carbonyl (C=O) groups excluding carboxylic acids is 1. The second kappa shape index (κ2) is 5.75. The second-order valence-electron chi connectivity index (χ2n) is 5.90. The lowest BCUT2D eigenvalue weighted by Gasteiger charge is -2.31. The summed E-state index contributed by atoms with van der Waals surface area (Å²) in [6, 6.07) is 7.48. The van der Waals surface area contributed by atoms with E-state index in [1.54, 1.807) is 4.57 Å². The molecule has 0 spiro atoms. The number of aryl methyl sites for hydroxylation is 1. The zero-order valence-electron chi connectivity index (χ0n) is 12.6. The van der Waals surface area contributed by atoms with Crippen LogP contribution in [0.1, 0.15) is 40.0 Å². The molecule has 1 aromatic carbocycles. The van der Waals surface area contributed by atoms with Gasteiger partial charge in [0.2, 0.25) is 5.82 Å². The SMILES string of the molecule is O=C(N[C@H]1c2ccccc2CC[C@H]1O)c1nnc2n1CCOC2. The summed E-state index contributed by atoms with van der Waals surface area (Å²) in [6.07, 6.45) is 0.857. The maximum Gasteiger partial charge on any atom is 0.289 e. The molecular formula is C16H18N4O3. The van der Waals surface area contributed by atoms with E-state index < -0.39 is 12.1 Å². The number of hydrogen-bond donors (Lipinski definition) is 2. The molecule has 23 heavy (non-hydrogen) atoms. The Balaban J connectivity index is 1.60. The molecular weight excluding hydrogens is 296 g/mol. The predicted molar refractivity (Wildman–Crippen MR) is 80.7 cm³/mol. The van der Waals surface area contributed by atoms with E-state index >= 15 is 0 Å². The van der Waals surface area contributed by atoms with Gasteiger partial charge in [0.25, 0.3) is 5.91 Å². The molecule has 0 bridgehead atoms. The van der Waals surface area contributed by atoms with Crippen LogP contribution >= 0.6 is 0 Å². The lowest BCUT2D eigenvalue weighted by atomic mass is 9.85. The average Bonchev–Trinajstić information content (AvgIpc) is 3.01. The average molecular weight is 314 g/mol. The van der Waals surface area contributed by atoms with E-state index in [9.17, 15) is 9.90 Å². The number of fused-ring (bicyclic) bond motifs is 2. The molecule has 2 aromatic rings. The highest BCUT2D eigenvalue weighted by atomic mass is 16.5. The first-order valence-electron chi connectivity index (χ1n) is 7.80. The lowest BCUT2D eigenvalue weighted by Crippen LogP contribution is -2.40. The number of nitrogens with one attached hydrogen (secondary N) is 1. The molecule has 120 valence electrons. The third kappa shape index (κ3) is 2.51. The van der Waals surface area contributed by atoms with Crippen LogP contribution in [0, 0.1) is 0 Å². The van der Waals surface area contributed by atoms with Crippen molar-refractivity contribution in [3.05, 3.63) is 47.0 Å². The molecule has 4 rings (SSSR count). The van der Waals surface area contributed by atoms with Crippen LogP contribution in [-0.2, 0) is 24.3 Å². The summed E-state index contributed by atoms with van der Waals surface area (Å²) < 4.78 is 7.09. The first kappa shape index (κ1) is 14.3. The maximum absolute atomic E-state index is 12.6. The molecule has 1 aromatic heterocycles. The van der Waals surface area contributed by atoms with Crippen molar-refractivity contribution in [2.24, 2.45) is 0 Å². The number of ether oxygens (including phenoxy) is 1. The number of rotatable bonds is 2. The third-order valence-corrected chi connectivity index (χ3v) is 4.49. The van der Waals surface area contributed by atoms with Crippen molar-refractivity contribution in [1.82, 2.24) is 20.1 Å². The summed E-state index contributed by atoms with van der Waals surface area (Å²) in [5, 5.41) is 21.2. The summed E-state index contributed by atoms with van der Waals surface area (Å²) in [7, 11) is 0. The number of aliphatic hydroxyl groups is 1. The number of nitrogens with zero attached hydrogens (tertiary/aromatic N) is 3. The van der Waals surface area contributed by atoms with Crippen LogP contribution < -0.4 is 5.32 Å². The van der Waals surface area contributed by atoms with E-state index in [-0.39, 0.29) is 11.7 Å². The smallest absolute Gasteiger partial charge is 0.289 e. The Bertz CT molecular complexity index is 743. The van der Waals surface area contributed by atoms with Gasteiger partial charge in [-0.1, -0.05) is 24.3 Å². The van der Waals surface area contributed by atoms with E-state index in [1.807, 2.05) is 24.3 Å². The monoisotopic (exact) mass is 314 g/mol. The summed E-state index contributed by atoms with van der Waals surface area (Å²) in [4.78, 5) is 12.6. The molecule has 0 saturated carbocycles. The Morgan fingerprint density at radius 3 is 3.13 bits per heavy atom. The molecule has 0 radical (unpaired) electrons. The van der Waals surface area contributed by atoms with Gasteiger partial charge in [0.1, 0.15) is 6.61 Å². The van der Waals surface area contributed by atoms with Gasteiger partial charge >= 0.3 is 0 Å². The first-order chi connectivity index (χ1) is 11.2. The highest BCUT2D eigenvalue weighted by molar-refractivity contribution is 5.91. The topological polar surface area (TPSA) is 89.3 Å². The Kier molecular flexibility index (Phi) is 3.59. The zero-order valence-corrected chi connectivity index (χ0v) is 12.6. The molecule has 2 heterocycles. The molecule has 0 fully saturated rings. The Hall–Kier alpha value is -2.25. The van der Waals surface area contributed by atoms with Gasteiger partial charge < -0.3 is 19.7 Å². The van der Waals surface area contributed by atoms with Crippen molar-refractivity contribution in [3.63, 3.8) is 0 Å².